The summed E-state index contributed by atoms with van der Waals surface area (Å²) in [6.45, 7) is 11.4. The van der Waals surface area contributed by atoms with Crippen molar-refractivity contribution in [1.29, 1.82) is 0 Å². The summed E-state index contributed by atoms with van der Waals surface area (Å²) in [6.07, 6.45) is 0. The topological polar surface area (TPSA) is 3.24 Å². The molecular formula is C15H25N. The van der Waals surface area contributed by atoms with Crippen molar-refractivity contribution >= 4 is 0 Å². The second-order valence-corrected chi connectivity index (χ2v) is 5.88. The van der Waals surface area contributed by atoms with Crippen LogP contribution in [0.15, 0.2) is 30.3 Å². The normalized spacial score (nSPS) is 14.5. The number of nitrogens with zero attached hydrogens (tertiary/aromatic N) is 1. The number of hydrogen-bond acceptors (Lipinski definition) is 1. The molecule has 0 aliphatic heterocycles. The molecule has 1 atom stereocenters. The van der Waals surface area contributed by atoms with E-state index in [2.05, 4.69) is 76.9 Å². The molecule has 1 aromatic rings. The third kappa shape index (κ3) is 3.08. The zero-order valence-corrected chi connectivity index (χ0v) is 11.5. The van der Waals surface area contributed by atoms with Crippen molar-refractivity contribution in [2.75, 3.05) is 7.05 Å². The molecule has 1 aromatic carbocycles. The summed E-state index contributed by atoms with van der Waals surface area (Å²) in [5.74, 6) is 0.617. The lowest BCUT2D eigenvalue weighted by Crippen LogP contribution is -2.42. The number of rotatable bonds is 3. The van der Waals surface area contributed by atoms with Gasteiger partial charge in [-0.05, 0) is 39.3 Å². The SMILES string of the molecule is CC(C)C(c1ccccc1)N(C)C(C)(C)C. The van der Waals surface area contributed by atoms with Crippen LogP contribution in [0.5, 0.6) is 0 Å². The fraction of sp³-hybridized carbons (Fsp3) is 0.600. The van der Waals surface area contributed by atoms with Crippen molar-refractivity contribution in [2.45, 2.75) is 46.2 Å². The van der Waals surface area contributed by atoms with Gasteiger partial charge in [0.1, 0.15) is 0 Å². The lowest BCUT2D eigenvalue weighted by molar-refractivity contribution is 0.0874. The molecule has 0 amide bonds. The Balaban J connectivity index is 3.02. The highest BCUT2D eigenvalue weighted by Crippen LogP contribution is 2.32. The van der Waals surface area contributed by atoms with E-state index in [0.29, 0.717) is 12.0 Å². The zero-order valence-electron chi connectivity index (χ0n) is 11.5. The van der Waals surface area contributed by atoms with Gasteiger partial charge in [-0.1, -0.05) is 44.2 Å². The molecule has 1 rings (SSSR count). The minimum Gasteiger partial charge on any atom is -0.294 e. The van der Waals surface area contributed by atoms with Gasteiger partial charge in [-0.2, -0.15) is 0 Å². The first-order valence-corrected chi connectivity index (χ1v) is 6.12. The van der Waals surface area contributed by atoms with Crippen molar-refractivity contribution in [1.82, 2.24) is 4.90 Å². The maximum atomic E-state index is 2.47. The van der Waals surface area contributed by atoms with Crippen LogP contribution in [-0.4, -0.2) is 17.5 Å². The van der Waals surface area contributed by atoms with Crippen molar-refractivity contribution in [3.63, 3.8) is 0 Å². The molecule has 0 heterocycles. The summed E-state index contributed by atoms with van der Waals surface area (Å²) in [4.78, 5) is 2.47. The van der Waals surface area contributed by atoms with E-state index in [1.165, 1.54) is 5.56 Å². The van der Waals surface area contributed by atoms with E-state index < -0.39 is 0 Å². The fourth-order valence-corrected chi connectivity index (χ4v) is 2.12. The molecule has 16 heavy (non-hydrogen) atoms. The minimum atomic E-state index is 0.199. The maximum Gasteiger partial charge on any atom is 0.0373 e. The Morgan fingerprint density at radius 2 is 1.50 bits per heavy atom. The van der Waals surface area contributed by atoms with Crippen LogP contribution in [0.1, 0.15) is 46.2 Å². The molecular weight excluding hydrogens is 194 g/mol. The van der Waals surface area contributed by atoms with Crippen LogP contribution in [0.2, 0.25) is 0 Å². The van der Waals surface area contributed by atoms with E-state index in [-0.39, 0.29) is 5.54 Å². The molecule has 0 spiro atoms. The molecule has 1 heteroatoms. The van der Waals surface area contributed by atoms with E-state index in [1.54, 1.807) is 0 Å². The predicted octanol–water partition coefficient (Wildman–Crippen LogP) is 4.11. The predicted molar refractivity (Wildman–Crippen MR) is 71.5 cm³/mol. The van der Waals surface area contributed by atoms with Crippen LogP contribution < -0.4 is 0 Å². The van der Waals surface area contributed by atoms with Crippen LogP contribution in [0, 0.1) is 5.92 Å². The minimum absolute atomic E-state index is 0.199. The van der Waals surface area contributed by atoms with Gasteiger partial charge < -0.3 is 0 Å². The summed E-state index contributed by atoms with van der Waals surface area (Å²) in [6, 6.07) is 11.3. The van der Waals surface area contributed by atoms with Gasteiger partial charge in [0.15, 0.2) is 0 Å². The van der Waals surface area contributed by atoms with E-state index in [4.69, 9.17) is 0 Å². The molecule has 0 radical (unpaired) electrons. The van der Waals surface area contributed by atoms with Crippen LogP contribution in [0.4, 0.5) is 0 Å². The highest BCUT2D eigenvalue weighted by Gasteiger charge is 2.28. The molecule has 0 saturated carbocycles. The summed E-state index contributed by atoms with van der Waals surface area (Å²) >= 11 is 0. The van der Waals surface area contributed by atoms with Gasteiger partial charge in [-0.3, -0.25) is 4.90 Å². The Kier molecular flexibility index (Phi) is 4.15. The molecule has 0 aromatic heterocycles. The van der Waals surface area contributed by atoms with Crippen LogP contribution in [0.3, 0.4) is 0 Å². The van der Waals surface area contributed by atoms with Gasteiger partial charge in [0.25, 0.3) is 0 Å². The Labute approximate surface area is 100 Å². The third-order valence-corrected chi connectivity index (χ3v) is 3.25. The second-order valence-electron chi connectivity index (χ2n) is 5.88. The van der Waals surface area contributed by atoms with Gasteiger partial charge >= 0.3 is 0 Å². The standard InChI is InChI=1S/C15H25N/c1-12(2)14(16(6)15(3,4)5)13-10-8-7-9-11-13/h7-12,14H,1-6H3. The first kappa shape index (κ1) is 13.2. The molecule has 1 unspecified atom stereocenters. The van der Waals surface area contributed by atoms with E-state index in [0.717, 1.165) is 0 Å². The molecule has 0 aliphatic rings. The maximum absolute atomic E-state index is 2.47. The van der Waals surface area contributed by atoms with Crippen LogP contribution in [0.25, 0.3) is 0 Å². The average Bonchev–Trinajstić information content (AvgIpc) is 2.17. The van der Waals surface area contributed by atoms with Crippen molar-refractivity contribution in [3.05, 3.63) is 35.9 Å². The first-order chi connectivity index (χ1) is 7.34. The van der Waals surface area contributed by atoms with Crippen LogP contribution in [-0.2, 0) is 0 Å². The number of benzene rings is 1. The number of hydrogen-bond donors (Lipinski definition) is 0. The van der Waals surface area contributed by atoms with Gasteiger partial charge in [0, 0.05) is 11.6 Å². The fourth-order valence-electron chi connectivity index (χ4n) is 2.12. The van der Waals surface area contributed by atoms with E-state index >= 15 is 0 Å². The molecule has 0 fully saturated rings. The Morgan fingerprint density at radius 3 is 1.88 bits per heavy atom. The van der Waals surface area contributed by atoms with Gasteiger partial charge in [0.2, 0.25) is 0 Å². The summed E-state index contributed by atoms with van der Waals surface area (Å²) < 4.78 is 0. The molecule has 0 bridgehead atoms. The van der Waals surface area contributed by atoms with Gasteiger partial charge in [-0.25, -0.2) is 0 Å². The van der Waals surface area contributed by atoms with Crippen molar-refractivity contribution < 1.29 is 0 Å². The summed E-state index contributed by atoms with van der Waals surface area (Å²) in [5.41, 5.74) is 1.61. The first-order valence-electron chi connectivity index (χ1n) is 6.12. The van der Waals surface area contributed by atoms with Gasteiger partial charge in [-0.15, -0.1) is 0 Å². The third-order valence-electron chi connectivity index (χ3n) is 3.25. The highest BCUT2D eigenvalue weighted by molar-refractivity contribution is 5.20. The largest absolute Gasteiger partial charge is 0.294 e. The van der Waals surface area contributed by atoms with E-state index in [1.807, 2.05) is 0 Å². The van der Waals surface area contributed by atoms with Crippen LogP contribution >= 0.6 is 0 Å². The molecule has 0 saturated heterocycles. The lowest BCUT2D eigenvalue weighted by Gasteiger charge is -2.41. The Hall–Kier alpha value is -0.820. The molecule has 1 nitrogen and oxygen atoms in total. The second kappa shape index (κ2) is 5.01. The monoisotopic (exact) mass is 219 g/mol. The lowest BCUT2D eigenvalue weighted by atomic mass is 9.91. The summed E-state index contributed by atoms with van der Waals surface area (Å²) in [5, 5.41) is 0. The zero-order chi connectivity index (χ0) is 12.3. The van der Waals surface area contributed by atoms with E-state index in [9.17, 15) is 0 Å². The molecule has 0 N–H and O–H groups in total. The smallest absolute Gasteiger partial charge is 0.0373 e. The quantitative estimate of drug-likeness (QED) is 0.739. The Bertz CT molecular complexity index is 308. The molecule has 90 valence electrons. The highest BCUT2D eigenvalue weighted by atomic mass is 15.2. The molecule has 0 aliphatic carbocycles. The van der Waals surface area contributed by atoms with Crippen molar-refractivity contribution in [3.8, 4) is 0 Å². The summed E-state index contributed by atoms with van der Waals surface area (Å²) in [7, 11) is 2.22. The average molecular weight is 219 g/mol. The Morgan fingerprint density at radius 1 is 1.00 bits per heavy atom. The van der Waals surface area contributed by atoms with Gasteiger partial charge in [0.05, 0.1) is 0 Å². The van der Waals surface area contributed by atoms with Crippen molar-refractivity contribution in [2.24, 2.45) is 5.92 Å².